The first-order chi connectivity index (χ1) is 33.0. The molecule has 0 N–H and O–H groups in total. The molecular formula is C54H32B2N6O5. The molecule has 4 aliphatic rings. The largest absolute Gasteiger partial charge is 0.464 e. The molecule has 9 heterocycles. The maximum absolute atomic E-state index is 6.61. The molecule has 6 aromatic carbocycles. The summed E-state index contributed by atoms with van der Waals surface area (Å²) < 4.78 is 40.8. The monoisotopic (exact) mass is 866 g/mol. The Kier molecular flexibility index (Phi) is 7.28. The summed E-state index contributed by atoms with van der Waals surface area (Å²) in [6.45, 7) is -0.320. The van der Waals surface area contributed by atoms with Crippen molar-refractivity contribution in [1.29, 1.82) is 0 Å². The van der Waals surface area contributed by atoms with E-state index >= 15 is 0 Å². The lowest BCUT2D eigenvalue weighted by Gasteiger charge is -2.33. The summed E-state index contributed by atoms with van der Waals surface area (Å²) in [5, 5.41) is 0. The number of hydrogen-bond donors (Lipinski definition) is 0. The zero-order chi connectivity index (χ0) is 44.1. The van der Waals surface area contributed by atoms with Crippen LogP contribution in [0, 0.1) is 12.7 Å². The van der Waals surface area contributed by atoms with Crippen LogP contribution in [-0.4, -0.2) is 32.5 Å². The van der Waals surface area contributed by atoms with Crippen molar-refractivity contribution in [3.8, 4) is 79.8 Å². The number of aromatic nitrogens is 6. The minimum atomic E-state index is -0.166. The van der Waals surface area contributed by atoms with Gasteiger partial charge in [0.1, 0.15) is 63.1 Å². The van der Waals surface area contributed by atoms with Gasteiger partial charge in [-0.3, -0.25) is 9.97 Å². The maximum atomic E-state index is 6.61. The fourth-order valence-electron chi connectivity index (χ4n) is 10.6. The highest BCUT2D eigenvalue weighted by Gasteiger charge is 2.42. The van der Waals surface area contributed by atoms with Gasteiger partial charge >= 0.3 is 0 Å². The Morgan fingerprint density at radius 1 is 0.448 bits per heavy atom. The molecule has 0 saturated carbocycles. The number of hydrogen-bond acceptors (Lipinski definition) is 7. The van der Waals surface area contributed by atoms with E-state index in [0.29, 0.717) is 0 Å². The van der Waals surface area contributed by atoms with Crippen molar-refractivity contribution in [1.82, 2.24) is 19.1 Å². The van der Waals surface area contributed by atoms with Crippen LogP contribution in [0.3, 0.4) is 0 Å². The summed E-state index contributed by atoms with van der Waals surface area (Å²) in [4.78, 5) is 9.41. The zero-order valence-electron chi connectivity index (χ0n) is 35.9. The van der Waals surface area contributed by atoms with E-state index in [1.165, 1.54) is 0 Å². The van der Waals surface area contributed by atoms with Crippen LogP contribution in [0.25, 0.3) is 56.2 Å². The second-order valence-electron chi connectivity index (χ2n) is 17.4. The molecule has 11 aromatic rings. The fourth-order valence-corrected chi connectivity index (χ4v) is 10.6. The molecule has 0 radical (unpaired) electrons. The molecule has 13 heteroatoms. The highest BCUT2D eigenvalue weighted by Crippen LogP contribution is 2.39. The minimum absolute atomic E-state index is 0.155. The molecule has 0 atom stereocenters. The molecule has 0 amide bonds. The number of rotatable bonds is 4. The van der Waals surface area contributed by atoms with E-state index in [1.54, 1.807) is 0 Å². The molecule has 67 heavy (non-hydrogen) atoms. The first-order valence-corrected chi connectivity index (χ1v) is 22.1. The van der Waals surface area contributed by atoms with E-state index in [9.17, 15) is 0 Å². The van der Waals surface area contributed by atoms with Crippen molar-refractivity contribution in [3.05, 3.63) is 171 Å². The average molecular weight is 867 g/mol. The number of benzene rings is 6. The quantitative estimate of drug-likeness (QED) is 0.122. The van der Waals surface area contributed by atoms with Crippen LogP contribution in [0.2, 0.25) is 0 Å². The lowest BCUT2D eigenvalue weighted by molar-refractivity contribution is -0.649. The highest BCUT2D eigenvalue weighted by atomic mass is 16.5. The van der Waals surface area contributed by atoms with E-state index in [1.807, 2.05) is 124 Å². The molecule has 5 aromatic heterocycles. The number of fused-ring (bicyclic) bond motifs is 10. The van der Waals surface area contributed by atoms with Crippen molar-refractivity contribution in [2.75, 3.05) is 0 Å². The van der Waals surface area contributed by atoms with Crippen LogP contribution in [0.15, 0.2) is 163 Å². The molecule has 0 saturated heterocycles. The average Bonchev–Trinajstić information content (AvgIpc) is 4.09. The van der Waals surface area contributed by atoms with E-state index in [-0.39, 0.29) is 13.4 Å². The topological polar surface area (TPSA) is 93.5 Å². The third-order valence-electron chi connectivity index (χ3n) is 13.7. The van der Waals surface area contributed by atoms with Crippen LogP contribution < -0.4 is 60.9 Å². The predicted molar refractivity (Wildman–Crippen MR) is 254 cm³/mol. The van der Waals surface area contributed by atoms with Gasteiger partial charge in [0.25, 0.3) is 13.4 Å². The number of pyridine rings is 2. The molecule has 4 aliphatic heterocycles. The van der Waals surface area contributed by atoms with Crippen molar-refractivity contribution < 1.29 is 32.5 Å². The Morgan fingerprint density at radius 3 is 1.40 bits per heavy atom. The van der Waals surface area contributed by atoms with Crippen molar-refractivity contribution in [3.63, 3.8) is 0 Å². The lowest BCUT2D eigenvalue weighted by Crippen LogP contribution is -2.57. The van der Waals surface area contributed by atoms with Gasteiger partial charge in [-0.15, -0.1) is 0 Å². The third-order valence-corrected chi connectivity index (χ3v) is 13.7. The second kappa shape index (κ2) is 13.4. The molecule has 314 valence electrons. The standard InChI is InChI=1S/C54H32B2N6O5/c1-59-29-61(53-40(59)7-5-21-57-53)34-15-19-44-38(26-34)55-36-23-31(13-17-42(36)64-46-9-3-11-48(66-44)51(46)55)33-25-50(63-28-33)32-14-18-43-37(24-32)56-39-27-35(62-30-60(2)41-8-6-22-58-54(41)62)16-20-45(39)67-49-12-4-10-47(65-43)52(49)56/h3-28H,1-2H3. The van der Waals surface area contributed by atoms with Crippen molar-refractivity contribution in [2.45, 2.75) is 0 Å². The number of imidazole rings is 2. The van der Waals surface area contributed by atoms with Crippen LogP contribution in [0.4, 0.5) is 0 Å². The van der Waals surface area contributed by atoms with Gasteiger partial charge in [0.15, 0.2) is 0 Å². The Hall–Kier alpha value is -8.83. The summed E-state index contributed by atoms with van der Waals surface area (Å²) in [5.74, 6) is 7.05. The van der Waals surface area contributed by atoms with Crippen LogP contribution >= 0.6 is 0 Å². The van der Waals surface area contributed by atoms with Gasteiger partial charge in [-0.2, -0.15) is 0 Å². The second-order valence-corrected chi connectivity index (χ2v) is 17.4. The van der Waals surface area contributed by atoms with Crippen LogP contribution in [0.5, 0.6) is 46.0 Å². The lowest BCUT2D eigenvalue weighted by atomic mass is 9.34. The summed E-state index contributed by atoms with van der Waals surface area (Å²) in [5.41, 5.74) is 14.5. The number of aryl methyl sites for hydroxylation is 2. The molecule has 0 unspecified atom stereocenters. The molecule has 0 bridgehead atoms. The molecule has 0 fully saturated rings. The maximum Gasteiger partial charge on any atom is 0.259 e. The first-order valence-electron chi connectivity index (χ1n) is 22.1. The number of nitrogens with zero attached hydrogens (tertiary/aromatic N) is 6. The van der Waals surface area contributed by atoms with E-state index in [0.717, 1.165) is 135 Å². The summed E-state index contributed by atoms with van der Waals surface area (Å²) in [6.07, 6.45) is 12.3. The Bertz CT molecular complexity index is 3690. The van der Waals surface area contributed by atoms with E-state index in [4.69, 9.17) is 33.3 Å². The van der Waals surface area contributed by atoms with Crippen LogP contribution in [-0.2, 0) is 14.1 Å². The molecule has 11 nitrogen and oxygen atoms in total. The van der Waals surface area contributed by atoms with Crippen molar-refractivity contribution >= 4 is 68.5 Å². The van der Waals surface area contributed by atoms with Gasteiger partial charge in [-0.1, -0.05) is 78.9 Å². The molecular weight excluding hydrogens is 834 g/mol. The predicted octanol–water partition coefficient (Wildman–Crippen LogP) is 6.00. The highest BCUT2D eigenvalue weighted by molar-refractivity contribution is 6.99. The summed E-state index contributed by atoms with van der Waals surface area (Å²) >= 11 is 0. The molecule has 0 spiro atoms. The van der Waals surface area contributed by atoms with Gasteiger partial charge in [0.05, 0.1) is 42.8 Å². The van der Waals surface area contributed by atoms with Gasteiger partial charge < -0.3 is 41.6 Å². The van der Waals surface area contributed by atoms with Gasteiger partial charge in [0.2, 0.25) is 12.7 Å². The van der Waals surface area contributed by atoms with Crippen LogP contribution in [0.1, 0.15) is 0 Å². The van der Waals surface area contributed by atoms with Gasteiger partial charge in [-0.05, 0) is 88.1 Å². The molecule has 15 rings (SSSR count). The Morgan fingerprint density at radius 2 is 0.896 bits per heavy atom. The van der Waals surface area contributed by atoms with Gasteiger partial charge in [0, 0.05) is 34.4 Å². The SMILES string of the molecule is C[n+]1[c-]n(-c2ccc3c(c2)B2c4cc(-c5coc(-c6ccc7c(c6)B6c8cc(-n9[c-][n+](C)c%10cccnc%109)ccc8Oc8cccc(c86)O7)c5)ccc4Oc4cccc(c42)O3)c2ncccc21. The minimum Gasteiger partial charge on any atom is -0.464 e. The first kappa shape index (κ1) is 36.5. The Labute approximate surface area is 383 Å². The Balaban J connectivity index is 0.818. The van der Waals surface area contributed by atoms with Crippen molar-refractivity contribution in [2.24, 2.45) is 14.1 Å². The van der Waals surface area contributed by atoms with E-state index in [2.05, 4.69) is 79.4 Å². The summed E-state index contributed by atoms with van der Waals surface area (Å²) in [7, 11) is 3.97. The fraction of sp³-hybridized carbons (Fsp3) is 0.0370. The smallest absolute Gasteiger partial charge is 0.259 e. The summed E-state index contributed by atoms with van der Waals surface area (Å²) in [6, 6.07) is 47.4. The van der Waals surface area contributed by atoms with E-state index < -0.39 is 0 Å². The van der Waals surface area contributed by atoms with Gasteiger partial charge in [-0.25, -0.2) is 0 Å². The number of ether oxygens (including phenoxy) is 4. The molecule has 0 aliphatic carbocycles. The normalized spacial score (nSPS) is 13.3. The zero-order valence-corrected chi connectivity index (χ0v) is 35.9. The number of furan rings is 1. The third kappa shape index (κ3) is 5.24.